The lowest BCUT2D eigenvalue weighted by Gasteiger charge is -2.18. The summed E-state index contributed by atoms with van der Waals surface area (Å²) in [7, 11) is -4.76. The van der Waals surface area contributed by atoms with Gasteiger partial charge in [0.25, 0.3) is 0 Å². The Hall–Kier alpha value is -1.77. The van der Waals surface area contributed by atoms with Crippen LogP contribution in [0.5, 0.6) is 0 Å². The summed E-state index contributed by atoms with van der Waals surface area (Å²) in [4.78, 5) is 42.5. The second-order valence-corrected chi connectivity index (χ2v) is 13.0. The number of allylic oxidation sites excluding steroid dienone is 4. The van der Waals surface area contributed by atoms with Gasteiger partial charge in [0.05, 0.1) is 12.7 Å². The Labute approximate surface area is 266 Å². The van der Waals surface area contributed by atoms with Gasteiger partial charge in [-0.15, -0.1) is 0 Å². The van der Waals surface area contributed by atoms with E-state index in [-0.39, 0.29) is 19.4 Å². The molecule has 0 radical (unpaired) electrons. The van der Waals surface area contributed by atoms with E-state index in [4.69, 9.17) is 19.3 Å². The third-order valence-corrected chi connectivity index (χ3v) is 7.42. The van der Waals surface area contributed by atoms with Crippen molar-refractivity contribution >= 4 is 19.8 Å². The first-order valence-electron chi connectivity index (χ1n) is 16.7. The first-order chi connectivity index (χ1) is 21.0. The highest BCUT2D eigenvalue weighted by Crippen LogP contribution is 2.35. The molecule has 0 aliphatic carbocycles. The van der Waals surface area contributed by atoms with Crippen LogP contribution < -0.4 is 0 Å². The van der Waals surface area contributed by atoms with Crippen LogP contribution in [-0.4, -0.2) is 52.3 Å². The molecule has 0 rings (SSSR count). The lowest BCUT2D eigenvalue weighted by Crippen LogP contribution is -2.29. The second kappa shape index (κ2) is 28.7. The Kier molecular flexibility index (Phi) is 27.5. The number of esters is 2. The minimum Gasteiger partial charge on any atom is -0.462 e. The molecule has 0 aliphatic rings. The number of hydrogen-bond donors (Lipinski definition) is 3. The summed E-state index contributed by atoms with van der Waals surface area (Å²) in [6.07, 6.45) is 26.5. The summed E-state index contributed by atoms with van der Waals surface area (Å²) in [5.74, 6) is -0.195. The van der Waals surface area contributed by atoms with Crippen LogP contribution in [0.4, 0.5) is 0 Å². The van der Waals surface area contributed by atoms with Gasteiger partial charge in [0.15, 0.2) is 6.10 Å². The minimum absolute atomic E-state index is 0.165. The van der Waals surface area contributed by atoms with E-state index in [1.54, 1.807) is 6.08 Å². The number of carbonyl (C=O) groups excluding carboxylic acids is 2. The van der Waals surface area contributed by atoms with Crippen molar-refractivity contribution in [2.24, 2.45) is 5.92 Å². The van der Waals surface area contributed by atoms with E-state index in [0.717, 1.165) is 63.7 Å². The van der Waals surface area contributed by atoms with Crippen molar-refractivity contribution in [1.82, 2.24) is 0 Å². The van der Waals surface area contributed by atoms with Crippen LogP contribution in [-0.2, 0) is 28.2 Å². The average Bonchev–Trinajstić information content (AvgIpc) is 2.95. The average molecular weight is 645 g/mol. The number of carbonyl (C=O) groups is 2. The second-order valence-electron chi connectivity index (χ2n) is 11.8. The molecule has 0 fully saturated rings. The van der Waals surface area contributed by atoms with Crippen LogP contribution in [0.15, 0.2) is 36.5 Å². The van der Waals surface area contributed by atoms with Crippen molar-refractivity contribution in [1.29, 1.82) is 0 Å². The maximum absolute atomic E-state index is 12.3. The monoisotopic (exact) mass is 644 g/mol. The molecule has 0 aromatic heterocycles. The first-order valence-corrected chi connectivity index (χ1v) is 18.3. The van der Waals surface area contributed by atoms with E-state index in [2.05, 4.69) is 31.4 Å². The molecule has 0 aromatic rings. The molecule has 0 spiro atoms. The molecule has 0 saturated heterocycles. The zero-order valence-electron chi connectivity index (χ0n) is 27.6. The SMILES string of the molecule is CC/C=C/CC(O)/C=C/C=C/CCCCCCCC(=O)O[C@H](COC(=O)CCCCCCCCCC(C)C)COP(=O)(O)O. The van der Waals surface area contributed by atoms with Gasteiger partial charge >= 0.3 is 19.8 Å². The minimum atomic E-state index is -4.76. The fourth-order valence-corrected chi connectivity index (χ4v) is 4.78. The molecule has 10 heteroatoms. The van der Waals surface area contributed by atoms with Crippen molar-refractivity contribution < 1.29 is 43.0 Å². The van der Waals surface area contributed by atoms with Crippen molar-refractivity contribution in [2.75, 3.05) is 13.2 Å². The van der Waals surface area contributed by atoms with Gasteiger partial charge in [-0.1, -0.05) is 121 Å². The number of unbranched alkanes of at least 4 members (excludes halogenated alkanes) is 11. The Morgan fingerprint density at radius 1 is 0.750 bits per heavy atom. The standard InChI is InChI=1S/C34H61O9P/c1-4-5-18-24-31(35)25-20-15-11-7-6-8-12-17-22-27-34(37)43-32(29-42-44(38,39)40)28-41-33(36)26-21-16-13-9-10-14-19-23-30(2)3/h5,11,15,18,20,25,30-32,35H,4,6-10,12-14,16-17,19,21-24,26-29H2,1-3H3,(H2,38,39,40)/b15-11+,18-5+,25-20+/t31?,32-/m1/s1. The predicted octanol–water partition coefficient (Wildman–Crippen LogP) is 8.28. The molecule has 0 aliphatic heterocycles. The van der Waals surface area contributed by atoms with Gasteiger partial charge in [-0.05, 0) is 44.4 Å². The third kappa shape index (κ3) is 31.6. The quantitative estimate of drug-likeness (QED) is 0.0241. The lowest BCUT2D eigenvalue weighted by molar-refractivity contribution is -0.161. The molecule has 3 N–H and O–H groups in total. The van der Waals surface area contributed by atoms with Gasteiger partial charge in [0, 0.05) is 12.8 Å². The van der Waals surface area contributed by atoms with E-state index in [1.165, 1.54) is 25.7 Å². The molecule has 9 nitrogen and oxygen atoms in total. The topological polar surface area (TPSA) is 140 Å². The fraction of sp³-hybridized carbons (Fsp3) is 0.765. The summed E-state index contributed by atoms with van der Waals surface area (Å²) in [5.41, 5.74) is 0. The Morgan fingerprint density at radius 2 is 1.34 bits per heavy atom. The van der Waals surface area contributed by atoms with Crippen molar-refractivity contribution in [2.45, 2.75) is 149 Å². The molecule has 0 aromatic carbocycles. The van der Waals surface area contributed by atoms with Crippen LogP contribution in [0.3, 0.4) is 0 Å². The Morgan fingerprint density at radius 3 is 1.95 bits per heavy atom. The van der Waals surface area contributed by atoms with Gasteiger partial charge in [0.1, 0.15) is 6.61 Å². The molecule has 44 heavy (non-hydrogen) atoms. The summed E-state index contributed by atoms with van der Waals surface area (Å²) in [5, 5.41) is 9.81. The normalized spacial score (nSPS) is 13.8. The summed E-state index contributed by atoms with van der Waals surface area (Å²) in [6.45, 7) is 5.67. The zero-order valence-corrected chi connectivity index (χ0v) is 28.5. The third-order valence-electron chi connectivity index (χ3n) is 6.93. The van der Waals surface area contributed by atoms with Crippen LogP contribution >= 0.6 is 7.82 Å². The molecule has 1 unspecified atom stereocenters. The highest BCUT2D eigenvalue weighted by molar-refractivity contribution is 7.46. The van der Waals surface area contributed by atoms with E-state index in [9.17, 15) is 19.3 Å². The highest BCUT2D eigenvalue weighted by Gasteiger charge is 2.22. The molecule has 0 amide bonds. The van der Waals surface area contributed by atoms with Crippen LogP contribution in [0.2, 0.25) is 0 Å². The summed E-state index contributed by atoms with van der Waals surface area (Å²) < 4.78 is 26.1. The van der Waals surface area contributed by atoms with Gasteiger partial charge in [0.2, 0.25) is 0 Å². The van der Waals surface area contributed by atoms with Crippen LogP contribution in [0.25, 0.3) is 0 Å². The van der Waals surface area contributed by atoms with Gasteiger partial charge in [-0.25, -0.2) is 4.57 Å². The van der Waals surface area contributed by atoms with E-state index >= 15 is 0 Å². The van der Waals surface area contributed by atoms with Crippen LogP contribution in [0, 0.1) is 5.92 Å². The van der Waals surface area contributed by atoms with Gasteiger partial charge in [-0.2, -0.15) is 0 Å². The molecule has 2 atom stereocenters. The number of phosphoric acid groups is 1. The summed E-state index contributed by atoms with van der Waals surface area (Å²) in [6, 6.07) is 0. The van der Waals surface area contributed by atoms with Crippen molar-refractivity contribution in [3.05, 3.63) is 36.5 Å². The number of ether oxygens (including phenoxy) is 2. The Balaban J connectivity index is 4.11. The number of aliphatic hydroxyl groups excluding tert-OH is 1. The molecule has 0 saturated carbocycles. The van der Waals surface area contributed by atoms with Gasteiger partial charge < -0.3 is 24.4 Å². The van der Waals surface area contributed by atoms with E-state index in [0.29, 0.717) is 19.3 Å². The number of phosphoric ester groups is 1. The molecule has 256 valence electrons. The zero-order chi connectivity index (χ0) is 32.9. The maximum Gasteiger partial charge on any atom is 0.469 e. The largest absolute Gasteiger partial charge is 0.469 e. The fourth-order valence-electron chi connectivity index (χ4n) is 4.42. The highest BCUT2D eigenvalue weighted by atomic mass is 31.2. The lowest BCUT2D eigenvalue weighted by atomic mass is 10.0. The number of aliphatic hydroxyl groups is 1. The summed E-state index contributed by atoms with van der Waals surface area (Å²) >= 11 is 0. The predicted molar refractivity (Wildman–Crippen MR) is 176 cm³/mol. The smallest absolute Gasteiger partial charge is 0.462 e. The van der Waals surface area contributed by atoms with E-state index in [1.807, 2.05) is 24.3 Å². The van der Waals surface area contributed by atoms with E-state index < -0.39 is 38.6 Å². The number of hydrogen-bond acceptors (Lipinski definition) is 7. The van der Waals surface area contributed by atoms with Crippen LogP contribution in [0.1, 0.15) is 136 Å². The van der Waals surface area contributed by atoms with Crippen molar-refractivity contribution in [3.63, 3.8) is 0 Å². The molecule has 0 heterocycles. The molecule has 0 bridgehead atoms. The Bertz CT molecular complexity index is 848. The molecular formula is C34H61O9P. The van der Waals surface area contributed by atoms with Crippen molar-refractivity contribution in [3.8, 4) is 0 Å². The molecular weight excluding hydrogens is 583 g/mol. The first kappa shape index (κ1) is 42.2. The maximum atomic E-state index is 12.3. The van der Waals surface area contributed by atoms with Gasteiger partial charge in [-0.3, -0.25) is 14.1 Å². The number of rotatable bonds is 29.